The highest BCUT2D eigenvalue weighted by atomic mass is 19.1. The largest absolute Gasteiger partial charge is 0.504 e. The SMILES string of the molecule is COc1cc(/C=C/C(=O)NCc2cn(Cc3ccccc3F)nn2)ccc1O. The lowest BCUT2D eigenvalue weighted by Gasteiger charge is -2.03. The molecule has 144 valence electrons. The van der Waals surface area contributed by atoms with E-state index in [1.54, 1.807) is 42.6 Å². The topological polar surface area (TPSA) is 89.3 Å². The van der Waals surface area contributed by atoms with Crippen LogP contribution in [0.25, 0.3) is 6.08 Å². The highest BCUT2D eigenvalue weighted by Gasteiger charge is 2.06. The highest BCUT2D eigenvalue weighted by molar-refractivity contribution is 5.91. The predicted molar refractivity (Wildman–Crippen MR) is 101 cm³/mol. The fourth-order valence-electron chi connectivity index (χ4n) is 2.50. The first-order valence-corrected chi connectivity index (χ1v) is 8.50. The number of carbonyl (C=O) groups is 1. The van der Waals surface area contributed by atoms with Crippen molar-refractivity contribution in [1.29, 1.82) is 0 Å². The minimum atomic E-state index is -0.310. The summed E-state index contributed by atoms with van der Waals surface area (Å²) in [6.45, 7) is 0.454. The zero-order chi connectivity index (χ0) is 19.9. The van der Waals surface area contributed by atoms with Crippen LogP contribution in [0.2, 0.25) is 0 Å². The van der Waals surface area contributed by atoms with Crippen LogP contribution in [-0.2, 0) is 17.9 Å². The number of aromatic nitrogens is 3. The van der Waals surface area contributed by atoms with Crippen LogP contribution in [0.3, 0.4) is 0 Å². The summed E-state index contributed by atoms with van der Waals surface area (Å²) in [5.74, 6) is -0.254. The molecule has 2 N–H and O–H groups in total. The van der Waals surface area contributed by atoms with Crippen molar-refractivity contribution in [3.05, 3.63) is 77.4 Å². The molecular weight excluding hydrogens is 363 g/mol. The quantitative estimate of drug-likeness (QED) is 0.613. The van der Waals surface area contributed by atoms with E-state index in [1.165, 1.54) is 30.0 Å². The summed E-state index contributed by atoms with van der Waals surface area (Å²) in [4.78, 5) is 12.0. The number of hydrogen-bond donors (Lipinski definition) is 2. The van der Waals surface area contributed by atoms with Gasteiger partial charge in [0.2, 0.25) is 5.91 Å². The van der Waals surface area contributed by atoms with E-state index in [-0.39, 0.29) is 30.6 Å². The van der Waals surface area contributed by atoms with Gasteiger partial charge in [0.15, 0.2) is 11.5 Å². The monoisotopic (exact) mass is 382 g/mol. The van der Waals surface area contributed by atoms with E-state index in [2.05, 4.69) is 15.6 Å². The summed E-state index contributed by atoms with van der Waals surface area (Å²) in [5.41, 5.74) is 1.78. The lowest BCUT2D eigenvalue weighted by atomic mass is 10.2. The maximum Gasteiger partial charge on any atom is 0.244 e. The molecule has 0 aliphatic heterocycles. The average Bonchev–Trinajstić information content (AvgIpc) is 3.15. The number of nitrogens with zero attached hydrogens (tertiary/aromatic N) is 3. The van der Waals surface area contributed by atoms with Crippen molar-refractivity contribution in [2.45, 2.75) is 13.1 Å². The molecule has 2 aromatic carbocycles. The molecular formula is C20H19FN4O3. The summed E-state index contributed by atoms with van der Waals surface area (Å²) in [6, 6.07) is 11.2. The molecule has 0 fully saturated rings. The fraction of sp³-hybridized carbons (Fsp3) is 0.150. The van der Waals surface area contributed by atoms with Crippen LogP contribution in [0.1, 0.15) is 16.8 Å². The number of phenolic OH excluding ortho intramolecular Hbond substituents is 1. The van der Waals surface area contributed by atoms with Gasteiger partial charge in [-0.15, -0.1) is 5.10 Å². The van der Waals surface area contributed by atoms with Gasteiger partial charge in [-0.3, -0.25) is 4.79 Å². The molecule has 8 heteroatoms. The number of benzene rings is 2. The molecule has 0 bridgehead atoms. The molecule has 3 rings (SSSR count). The lowest BCUT2D eigenvalue weighted by molar-refractivity contribution is -0.116. The number of phenols is 1. The Kier molecular flexibility index (Phi) is 6.01. The number of aromatic hydroxyl groups is 1. The van der Waals surface area contributed by atoms with Crippen LogP contribution in [0, 0.1) is 5.82 Å². The Labute approximate surface area is 161 Å². The molecule has 0 saturated carbocycles. The van der Waals surface area contributed by atoms with Crippen molar-refractivity contribution in [3.63, 3.8) is 0 Å². The van der Waals surface area contributed by atoms with E-state index in [1.807, 2.05) is 0 Å². The summed E-state index contributed by atoms with van der Waals surface area (Å²) in [6.07, 6.45) is 4.63. The number of halogens is 1. The summed E-state index contributed by atoms with van der Waals surface area (Å²) < 4.78 is 20.2. The number of hydrogen-bond acceptors (Lipinski definition) is 5. The van der Waals surface area contributed by atoms with Crippen molar-refractivity contribution in [1.82, 2.24) is 20.3 Å². The standard InChI is InChI=1S/C20H19FN4O3/c1-28-19-10-14(6-8-18(19)26)7-9-20(27)22-11-16-13-25(24-23-16)12-15-4-2-3-5-17(15)21/h2-10,13,26H,11-12H2,1H3,(H,22,27)/b9-7+. The second kappa shape index (κ2) is 8.81. The van der Waals surface area contributed by atoms with Gasteiger partial charge in [-0.25, -0.2) is 9.07 Å². The van der Waals surface area contributed by atoms with Crippen molar-refractivity contribution >= 4 is 12.0 Å². The number of methoxy groups -OCH3 is 1. The first kappa shape index (κ1) is 19.1. The van der Waals surface area contributed by atoms with Crippen LogP contribution < -0.4 is 10.1 Å². The summed E-state index contributed by atoms with van der Waals surface area (Å²) in [7, 11) is 1.45. The van der Waals surface area contributed by atoms with Crippen molar-refractivity contribution < 1.29 is 19.0 Å². The Morgan fingerprint density at radius 1 is 1.32 bits per heavy atom. The van der Waals surface area contributed by atoms with Crippen LogP contribution in [0.15, 0.2) is 54.7 Å². The highest BCUT2D eigenvalue weighted by Crippen LogP contribution is 2.26. The van der Waals surface area contributed by atoms with Gasteiger partial charge in [-0.05, 0) is 29.8 Å². The number of rotatable bonds is 7. The van der Waals surface area contributed by atoms with E-state index < -0.39 is 0 Å². The van der Waals surface area contributed by atoms with Crippen LogP contribution in [0.5, 0.6) is 11.5 Å². The van der Waals surface area contributed by atoms with E-state index in [9.17, 15) is 14.3 Å². The van der Waals surface area contributed by atoms with Crippen LogP contribution >= 0.6 is 0 Å². The Morgan fingerprint density at radius 2 is 2.14 bits per heavy atom. The number of ether oxygens (including phenoxy) is 1. The average molecular weight is 382 g/mol. The molecule has 0 atom stereocenters. The van der Waals surface area contributed by atoms with Gasteiger partial charge in [0.25, 0.3) is 0 Å². The molecule has 0 spiro atoms. The molecule has 0 radical (unpaired) electrons. The Balaban J connectivity index is 1.54. The number of amides is 1. The molecule has 7 nitrogen and oxygen atoms in total. The minimum Gasteiger partial charge on any atom is -0.504 e. The molecule has 1 aromatic heterocycles. The Hall–Kier alpha value is -3.68. The number of nitrogens with one attached hydrogen (secondary N) is 1. The molecule has 0 saturated heterocycles. The molecule has 0 aliphatic carbocycles. The normalized spacial score (nSPS) is 10.9. The van der Waals surface area contributed by atoms with Crippen LogP contribution in [0.4, 0.5) is 4.39 Å². The maximum atomic E-state index is 13.7. The molecule has 1 heterocycles. The minimum absolute atomic E-state index is 0.0302. The lowest BCUT2D eigenvalue weighted by Crippen LogP contribution is -2.20. The molecule has 28 heavy (non-hydrogen) atoms. The summed E-state index contributed by atoms with van der Waals surface area (Å²) in [5, 5.41) is 20.2. The molecule has 0 unspecified atom stereocenters. The molecule has 3 aromatic rings. The number of carbonyl (C=O) groups excluding carboxylic acids is 1. The van der Waals surface area contributed by atoms with Crippen LogP contribution in [-0.4, -0.2) is 33.1 Å². The van der Waals surface area contributed by atoms with Crippen molar-refractivity contribution in [2.75, 3.05) is 7.11 Å². The van der Waals surface area contributed by atoms with Crippen molar-refractivity contribution in [2.24, 2.45) is 0 Å². The first-order chi connectivity index (χ1) is 13.5. The third-order valence-corrected chi connectivity index (χ3v) is 3.95. The zero-order valence-electron chi connectivity index (χ0n) is 15.2. The van der Waals surface area contributed by atoms with Gasteiger partial charge >= 0.3 is 0 Å². The van der Waals surface area contributed by atoms with Gasteiger partial charge in [0.05, 0.1) is 26.4 Å². The van der Waals surface area contributed by atoms with Gasteiger partial charge in [0, 0.05) is 11.6 Å². The van der Waals surface area contributed by atoms with Gasteiger partial charge in [-0.2, -0.15) is 0 Å². The predicted octanol–water partition coefficient (Wildman–Crippen LogP) is 2.51. The Bertz CT molecular complexity index is 1000. The fourth-order valence-corrected chi connectivity index (χ4v) is 2.50. The maximum absolute atomic E-state index is 13.7. The molecule has 1 amide bonds. The zero-order valence-corrected chi connectivity index (χ0v) is 15.2. The third kappa shape index (κ3) is 4.94. The second-order valence-corrected chi connectivity index (χ2v) is 5.98. The van der Waals surface area contributed by atoms with E-state index in [0.29, 0.717) is 22.6 Å². The van der Waals surface area contributed by atoms with E-state index in [4.69, 9.17) is 4.74 Å². The molecule has 0 aliphatic rings. The smallest absolute Gasteiger partial charge is 0.244 e. The first-order valence-electron chi connectivity index (χ1n) is 8.50. The van der Waals surface area contributed by atoms with E-state index in [0.717, 1.165) is 0 Å². The van der Waals surface area contributed by atoms with Crippen molar-refractivity contribution in [3.8, 4) is 11.5 Å². The second-order valence-electron chi connectivity index (χ2n) is 5.98. The summed E-state index contributed by atoms with van der Waals surface area (Å²) >= 11 is 0. The van der Waals surface area contributed by atoms with Gasteiger partial charge in [0.1, 0.15) is 11.5 Å². The van der Waals surface area contributed by atoms with E-state index >= 15 is 0 Å². The van der Waals surface area contributed by atoms with Gasteiger partial charge < -0.3 is 15.2 Å². The Morgan fingerprint density at radius 3 is 2.93 bits per heavy atom. The van der Waals surface area contributed by atoms with Gasteiger partial charge in [-0.1, -0.05) is 29.5 Å². The third-order valence-electron chi connectivity index (χ3n) is 3.95.